The summed E-state index contributed by atoms with van der Waals surface area (Å²) in [5.74, 6) is 2.57. The first-order valence-electron chi connectivity index (χ1n) is 8.03. The molecule has 2 aliphatic carbocycles. The average molecular weight is 273 g/mol. The first-order valence-corrected chi connectivity index (χ1v) is 8.03. The third-order valence-corrected chi connectivity index (χ3v) is 4.43. The van der Waals surface area contributed by atoms with Crippen molar-refractivity contribution < 1.29 is 4.74 Å². The van der Waals surface area contributed by atoms with Gasteiger partial charge in [0.2, 0.25) is 0 Å². The molecule has 20 heavy (non-hydrogen) atoms. The van der Waals surface area contributed by atoms with E-state index in [1.807, 2.05) is 0 Å². The summed E-state index contributed by atoms with van der Waals surface area (Å²) in [6.07, 6.45) is 5.62. The Bertz CT molecular complexity index is 459. The zero-order valence-electron chi connectivity index (χ0n) is 13.0. The molecule has 0 aliphatic heterocycles. The molecule has 2 fully saturated rings. The van der Waals surface area contributed by atoms with Gasteiger partial charge in [-0.05, 0) is 82.5 Å². The van der Waals surface area contributed by atoms with Crippen LogP contribution in [0.4, 0.5) is 0 Å². The Balaban J connectivity index is 1.60. The second-order valence-electron chi connectivity index (χ2n) is 7.46. The van der Waals surface area contributed by atoms with Crippen LogP contribution in [0.3, 0.4) is 0 Å². The molecule has 2 nitrogen and oxygen atoms in total. The van der Waals surface area contributed by atoms with Gasteiger partial charge >= 0.3 is 0 Å². The monoisotopic (exact) mass is 273 g/mol. The summed E-state index contributed by atoms with van der Waals surface area (Å²) < 4.78 is 5.92. The highest BCUT2D eigenvalue weighted by Crippen LogP contribution is 2.43. The smallest absolute Gasteiger partial charge is 0.120 e. The minimum atomic E-state index is 0.219. The molecule has 0 aromatic heterocycles. The van der Waals surface area contributed by atoms with E-state index in [4.69, 9.17) is 4.74 Å². The Morgan fingerprint density at radius 3 is 2.55 bits per heavy atom. The van der Waals surface area contributed by atoms with E-state index in [0.29, 0.717) is 12.0 Å². The van der Waals surface area contributed by atoms with Gasteiger partial charge < -0.3 is 10.1 Å². The Hall–Kier alpha value is -1.02. The lowest BCUT2D eigenvalue weighted by atomic mass is 9.70. The van der Waals surface area contributed by atoms with Gasteiger partial charge in [0, 0.05) is 5.54 Å². The van der Waals surface area contributed by atoms with Gasteiger partial charge in [0.25, 0.3) is 0 Å². The summed E-state index contributed by atoms with van der Waals surface area (Å²) in [6, 6.07) is 8.79. The first-order chi connectivity index (χ1) is 9.51. The number of hydrogen-bond acceptors (Lipinski definition) is 2. The molecule has 2 unspecified atom stereocenters. The van der Waals surface area contributed by atoms with Crippen molar-refractivity contribution in [3.8, 4) is 5.75 Å². The zero-order chi connectivity index (χ0) is 14.2. The summed E-state index contributed by atoms with van der Waals surface area (Å²) in [5, 5.41) is 3.65. The fourth-order valence-electron chi connectivity index (χ4n) is 2.89. The summed E-state index contributed by atoms with van der Waals surface area (Å²) in [6.45, 7) is 7.85. The lowest BCUT2D eigenvalue weighted by molar-refractivity contribution is 0.225. The molecule has 0 spiro atoms. The molecular formula is C18H27NO. The second kappa shape index (κ2) is 5.40. The maximum Gasteiger partial charge on any atom is 0.120 e. The fourth-order valence-corrected chi connectivity index (χ4v) is 2.89. The standard InChI is InChI=1S/C18H27NO/c1-18(2,3)19-12-14-7-10-17(14)13-5-4-6-16(11-13)20-15-8-9-15/h4-6,11,14-15,17,19H,7-10,12H2,1-3H3. The van der Waals surface area contributed by atoms with Crippen LogP contribution in [0.1, 0.15) is 57.9 Å². The molecule has 2 saturated carbocycles. The van der Waals surface area contributed by atoms with Crippen molar-refractivity contribution in [2.75, 3.05) is 6.54 Å². The van der Waals surface area contributed by atoms with Crippen LogP contribution >= 0.6 is 0 Å². The normalized spacial score (nSPS) is 26.1. The van der Waals surface area contributed by atoms with Gasteiger partial charge in [-0.15, -0.1) is 0 Å². The van der Waals surface area contributed by atoms with Gasteiger partial charge in [-0.3, -0.25) is 0 Å². The maximum atomic E-state index is 5.92. The van der Waals surface area contributed by atoms with Gasteiger partial charge in [-0.2, -0.15) is 0 Å². The van der Waals surface area contributed by atoms with Gasteiger partial charge in [-0.25, -0.2) is 0 Å². The van der Waals surface area contributed by atoms with Crippen molar-refractivity contribution >= 4 is 0 Å². The number of nitrogens with one attached hydrogen (secondary N) is 1. The van der Waals surface area contributed by atoms with Crippen LogP contribution in [0, 0.1) is 5.92 Å². The van der Waals surface area contributed by atoms with E-state index in [1.54, 1.807) is 0 Å². The Morgan fingerprint density at radius 1 is 1.15 bits per heavy atom. The molecule has 1 aromatic rings. The summed E-state index contributed by atoms with van der Waals surface area (Å²) >= 11 is 0. The SMILES string of the molecule is CC(C)(C)NCC1CCC1c1cccc(OC2CC2)c1. The molecule has 0 saturated heterocycles. The van der Waals surface area contributed by atoms with Crippen LogP contribution in [0.25, 0.3) is 0 Å². The highest BCUT2D eigenvalue weighted by Gasteiger charge is 2.33. The van der Waals surface area contributed by atoms with Crippen LogP contribution in [0.5, 0.6) is 5.75 Å². The zero-order valence-corrected chi connectivity index (χ0v) is 13.0. The Labute approximate surface area is 122 Å². The molecule has 1 N–H and O–H groups in total. The highest BCUT2D eigenvalue weighted by atomic mass is 16.5. The number of benzene rings is 1. The van der Waals surface area contributed by atoms with E-state index in [9.17, 15) is 0 Å². The van der Waals surface area contributed by atoms with E-state index in [0.717, 1.165) is 18.2 Å². The summed E-state index contributed by atoms with van der Waals surface area (Å²) in [4.78, 5) is 0. The molecule has 2 aliphatic rings. The topological polar surface area (TPSA) is 21.3 Å². The van der Waals surface area contributed by atoms with Crippen LogP contribution in [-0.4, -0.2) is 18.2 Å². The molecule has 0 heterocycles. The number of hydrogen-bond donors (Lipinski definition) is 1. The van der Waals surface area contributed by atoms with Crippen LogP contribution in [-0.2, 0) is 0 Å². The van der Waals surface area contributed by atoms with E-state index in [1.165, 1.54) is 31.2 Å². The summed E-state index contributed by atoms with van der Waals surface area (Å²) in [7, 11) is 0. The molecule has 2 atom stereocenters. The fraction of sp³-hybridized carbons (Fsp3) is 0.667. The third-order valence-electron chi connectivity index (χ3n) is 4.43. The van der Waals surface area contributed by atoms with Gasteiger partial charge in [0.05, 0.1) is 6.10 Å². The van der Waals surface area contributed by atoms with Gasteiger partial charge in [0.1, 0.15) is 5.75 Å². The molecule has 0 radical (unpaired) electrons. The van der Waals surface area contributed by atoms with E-state index < -0.39 is 0 Å². The lowest BCUT2D eigenvalue weighted by Gasteiger charge is -2.39. The van der Waals surface area contributed by atoms with Gasteiger partial charge in [0.15, 0.2) is 0 Å². The van der Waals surface area contributed by atoms with Crippen molar-refractivity contribution in [1.82, 2.24) is 5.32 Å². The van der Waals surface area contributed by atoms with E-state index in [2.05, 4.69) is 50.4 Å². The highest BCUT2D eigenvalue weighted by molar-refractivity contribution is 5.33. The quantitative estimate of drug-likeness (QED) is 0.871. The van der Waals surface area contributed by atoms with Crippen molar-refractivity contribution in [1.29, 1.82) is 0 Å². The Morgan fingerprint density at radius 2 is 1.95 bits per heavy atom. The average Bonchev–Trinajstić information content (AvgIpc) is 3.10. The molecule has 3 rings (SSSR count). The Kier molecular flexibility index (Phi) is 3.76. The van der Waals surface area contributed by atoms with Gasteiger partial charge in [-0.1, -0.05) is 12.1 Å². The molecule has 1 aromatic carbocycles. The van der Waals surface area contributed by atoms with Crippen LogP contribution < -0.4 is 10.1 Å². The first kappa shape index (κ1) is 13.9. The number of ether oxygens (including phenoxy) is 1. The third kappa shape index (κ3) is 3.54. The molecule has 0 amide bonds. The molecule has 0 bridgehead atoms. The molecule has 2 heteroatoms. The van der Waals surface area contributed by atoms with Crippen molar-refractivity contribution in [2.24, 2.45) is 5.92 Å². The molecule has 110 valence electrons. The lowest BCUT2D eigenvalue weighted by Crippen LogP contribution is -2.42. The number of rotatable bonds is 5. The predicted octanol–water partition coefficient (Wildman–Crippen LogP) is 4.11. The minimum Gasteiger partial charge on any atom is -0.490 e. The van der Waals surface area contributed by atoms with Crippen LogP contribution in [0.15, 0.2) is 24.3 Å². The van der Waals surface area contributed by atoms with Crippen molar-refractivity contribution in [3.05, 3.63) is 29.8 Å². The van der Waals surface area contributed by atoms with Crippen LogP contribution in [0.2, 0.25) is 0 Å². The van der Waals surface area contributed by atoms with E-state index in [-0.39, 0.29) is 5.54 Å². The molecular weight excluding hydrogens is 246 g/mol. The van der Waals surface area contributed by atoms with E-state index >= 15 is 0 Å². The minimum absolute atomic E-state index is 0.219. The largest absolute Gasteiger partial charge is 0.490 e. The maximum absolute atomic E-state index is 5.92. The summed E-state index contributed by atoms with van der Waals surface area (Å²) in [5.41, 5.74) is 1.69. The predicted molar refractivity (Wildman–Crippen MR) is 83.3 cm³/mol. The van der Waals surface area contributed by atoms with Crippen molar-refractivity contribution in [3.63, 3.8) is 0 Å². The second-order valence-corrected chi connectivity index (χ2v) is 7.46. The van der Waals surface area contributed by atoms with Crippen molar-refractivity contribution in [2.45, 2.75) is 64.0 Å².